The zero-order valence-electron chi connectivity index (χ0n) is 19.6. The van der Waals surface area contributed by atoms with Crippen molar-refractivity contribution in [2.24, 2.45) is 0 Å². The van der Waals surface area contributed by atoms with Crippen molar-refractivity contribution >= 4 is 28.8 Å². The van der Waals surface area contributed by atoms with Crippen molar-refractivity contribution in [1.29, 1.82) is 5.26 Å². The van der Waals surface area contributed by atoms with Crippen molar-refractivity contribution < 1.29 is 23.0 Å². The van der Waals surface area contributed by atoms with Crippen LogP contribution in [-0.2, 0) is 0 Å². The molecular formula is C28H20F2N2O4S. The normalized spacial score (nSPS) is 12.2. The number of halogens is 2. The molecule has 0 spiro atoms. The van der Waals surface area contributed by atoms with Gasteiger partial charge in [-0.1, -0.05) is 42.5 Å². The molecule has 1 aromatic heterocycles. The summed E-state index contributed by atoms with van der Waals surface area (Å²) in [5, 5.41) is 9.97. The Bertz CT molecular complexity index is 1620. The molecule has 4 rings (SSSR count). The average Bonchev–Trinajstić information content (AvgIpc) is 3.21. The third-order valence-electron chi connectivity index (χ3n) is 5.22. The minimum Gasteiger partial charge on any atom is -0.494 e. The third kappa shape index (κ3) is 5.82. The number of aromatic nitrogens is 1. The fourth-order valence-electron chi connectivity index (χ4n) is 3.57. The van der Waals surface area contributed by atoms with Gasteiger partial charge in [0.15, 0.2) is 0 Å². The first-order valence-corrected chi connectivity index (χ1v) is 12.0. The number of nitriles is 1. The van der Waals surface area contributed by atoms with Crippen LogP contribution in [0.2, 0.25) is 0 Å². The van der Waals surface area contributed by atoms with E-state index in [0.717, 1.165) is 11.3 Å². The molecule has 1 heterocycles. The molecule has 0 aliphatic heterocycles. The predicted molar refractivity (Wildman–Crippen MR) is 137 cm³/mol. The summed E-state index contributed by atoms with van der Waals surface area (Å²) in [5.41, 5.74) is 0.707. The van der Waals surface area contributed by atoms with Crippen LogP contribution in [-0.4, -0.2) is 23.6 Å². The van der Waals surface area contributed by atoms with Gasteiger partial charge in [0.1, 0.15) is 27.8 Å². The van der Waals surface area contributed by atoms with Crippen molar-refractivity contribution in [1.82, 2.24) is 4.57 Å². The van der Waals surface area contributed by atoms with Crippen molar-refractivity contribution in [3.63, 3.8) is 0 Å². The van der Waals surface area contributed by atoms with Gasteiger partial charge in [-0.3, -0.25) is 14.2 Å². The fourth-order valence-corrected chi connectivity index (χ4v) is 4.67. The molecule has 0 atom stereocenters. The minimum atomic E-state index is -2.95. The lowest BCUT2D eigenvalue weighted by Gasteiger charge is -2.06. The van der Waals surface area contributed by atoms with Crippen LogP contribution in [0, 0.1) is 11.3 Å². The van der Waals surface area contributed by atoms with E-state index in [1.807, 2.05) is 13.0 Å². The number of benzene rings is 3. The molecular weight excluding hydrogens is 498 g/mol. The van der Waals surface area contributed by atoms with Gasteiger partial charge in [-0.05, 0) is 55.0 Å². The lowest BCUT2D eigenvalue weighted by Crippen LogP contribution is -2.31. The van der Waals surface area contributed by atoms with Crippen molar-refractivity contribution in [3.8, 4) is 23.3 Å². The van der Waals surface area contributed by atoms with Gasteiger partial charge >= 0.3 is 6.61 Å². The van der Waals surface area contributed by atoms with E-state index in [9.17, 15) is 23.6 Å². The number of ketones is 1. The quantitative estimate of drug-likeness (QED) is 0.325. The maximum atomic E-state index is 13.6. The first-order valence-electron chi connectivity index (χ1n) is 11.2. The van der Waals surface area contributed by atoms with E-state index in [0.29, 0.717) is 29.2 Å². The number of ether oxygens (including phenoxy) is 2. The highest BCUT2D eigenvalue weighted by atomic mass is 32.1. The standard InChI is InChI=1S/C28H20F2N2O4S/c1-2-35-21-14-10-20(11-15-21)32-26(34)24(16-18-8-12-22(13-9-18)36-28(29)30)37-27(32)23(17-31)25(33)19-6-4-3-5-7-19/h3-16,28H,2H2,1H3/b24-16+,27-23+. The maximum absolute atomic E-state index is 13.6. The first-order chi connectivity index (χ1) is 17.9. The summed E-state index contributed by atoms with van der Waals surface area (Å²) in [6.45, 7) is -0.619. The van der Waals surface area contributed by atoms with Gasteiger partial charge in [0.2, 0.25) is 5.78 Å². The Balaban J connectivity index is 1.93. The van der Waals surface area contributed by atoms with Crippen LogP contribution < -0.4 is 24.2 Å². The number of hydrogen-bond acceptors (Lipinski definition) is 6. The van der Waals surface area contributed by atoms with Crippen LogP contribution in [0.4, 0.5) is 8.78 Å². The number of carbonyl (C=O) groups is 1. The highest BCUT2D eigenvalue weighted by molar-refractivity contribution is 7.07. The molecule has 0 fully saturated rings. The van der Waals surface area contributed by atoms with E-state index in [1.165, 1.54) is 28.8 Å². The summed E-state index contributed by atoms with van der Waals surface area (Å²) in [7, 11) is 0. The number of hydrogen-bond donors (Lipinski definition) is 0. The minimum absolute atomic E-state index is 0.0145. The van der Waals surface area contributed by atoms with Gasteiger partial charge in [0.05, 0.1) is 16.8 Å². The van der Waals surface area contributed by atoms with Crippen LogP contribution in [0.25, 0.3) is 17.3 Å². The second-order valence-electron chi connectivity index (χ2n) is 7.61. The molecule has 0 bridgehead atoms. The summed E-state index contributed by atoms with van der Waals surface area (Å²) in [6, 6.07) is 22.8. The number of carbonyl (C=O) groups excluding carboxylic acids is 1. The summed E-state index contributed by atoms with van der Waals surface area (Å²) >= 11 is 0.993. The van der Waals surface area contributed by atoms with Gasteiger partial charge < -0.3 is 9.47 Å². The molecule has 0 unspecified atom stereocenters. The summed E-state index contributed by atoms with van der Waals surface area (Å²) in [4.78, 5) is 26.8. The van der Waals surface area contributed by atoms with Crippen molar-refractivity contribution in [2.75, 3.05) is 6.61 Å². The molecule has 0 saturated carbocycles. The molecule has 0 saturated heterocycles. The Kier molecular flexibility index (Phi) is 7.91. The summed E-state index contributed by atoms with van der Waals surface area (Å²) in [6.07, 6.45) is 1.57. The molecule has 0 aliphatic carbocycles. The Morgan fingerprint density at radius 1 is 1.03 bits per heavy atom. The molecule has 3 aromatic carbocycles. The van der Waals surface area contributed by atoms with Crippen LogP contribution in [0.5, 0.6) is 11.5 Å². The lowest BCUT2D eigenvalue weighted by molar-refractivity contribution is -0.0498. The SMILES string of the molecule is CCOc1ccc(-n2c(=O)/c(=C\c3ccc(OC(F)F)cc3)s/c2=C(\C#N)C(=O)c2ccccc2)cc1. The highest BCUT2D eigenvalue weighted by Gasteiger charge is 2.18. The van der Waals surface area contributed by atoms with E-state index in [-0.39, 0.29) is 20.5 Å². The molecule has 0 N–H and O–H groups in total. The van der Waals surface area contributed by atoms with E-state index < -0.39 is 18.0 Å². The van der Waals surface area contributed by atoms with Crippen molar-refractivity contribution in [2.45, 2.75) is 13.5 Å². The van der Waals surface area contributed by atoms with Crippen LogP contribution in [0.3, 0.4) is 0 Å². The van der Waals surface area contributed by atoms with Gasteiger partial charge in [-0.2, -0.15) is 14.0 Å². The lowest BCUT2D eigenvalue weighted by atomic mass is 10.1. The average molecular weight is 519 g/mol. The fraction of sp³-hybridized carbons (Fsp3) is 0.107. The van der Waals surface area contributed by atoms with Gasteiger partial charge in [-0.25, -0.2) is 0 Å². The van der Waals surface area contributed by atoms with E-state index >= 15 is 0 Å². The Labute approximate surface area is 214 Å². The molecule has 37 heavy (non-hydrogen) atoms. The number of nitrogens with zero attached hydrogens (tertiary/aromatic N) is 2. The highest BCUT2D eigenvalue weighted by Crippen LogP contribution is 2.16. The molecule has 4 aromatic rings. The third-order valence-corrected chi connectivity index (χ3v) is 6.31. The van der Waals surface area contributed by atoms with Gasteiger partial charge in [0, 0.05) is 5.56 Å². The van der Waals surface area contributed by atoms with Gasteiger partial charge in [0.25, 0.3) is 5.56 Å². The predicted octanol–water partition coefficient (Wildman–Crippen LogP) is 4.29. The Morgan fingerprint density at radius 3 is 2.27 bits per heavy atom. The summed E-state index contributed by atoms with van der Waals surface area (Å²) < 4.78 is 36.5. The first kappa shape index (κ1) is 25.5. The number of Topliss-reactive ketones (excluding diaryl/α,β-unsaturated/α-hetero) is 1. The number of thiazole rings is 1. The van der Waals surface area contributed by atoms with Crippen LogP contribution >= 0.6 is 11.3 Å². The van der Waals surface area contributed by atoms with Gasteiger partial charge in [-0.15, -0.1) is 11.3 Å². The smallest absolute Gasteiger partial charge is 0.387 e. The van der Waals surface area contributed by atoms with Crippen molar-refractivity contribution in [3.05, 3.63) is 110 Å². The topological polar surface area (TPSA) is 81.3 Å². The molecule has 0 radical (unpaired) electrons. The second-order valence-corrected chi connectivity index (χ2v) is 8.64. The molecule has 6 nitrogen and oxygen atoms in total. The number of alkyl halides is 2. The van der Waals surface area contributed by atoms with Crippen LogP contribution in [0.15, 0.2) is 83.7 Å². The molecule has 186 valence electrons. The zero-order valence-corrected chi connectivity index (χ0v) is 20.4. The molecule has 0 amide bonds. The summed E-state index contributed by atoms with van der Waals surface area (Å²) in [5.74, 6) is 0.0854. The Morgan fingerprint density at radius 2 is 1.68 bits per heavy atom. The second kappa shape index (κ2) is 11.5. The monoisotopic (exact) mass is 518 g/mol. The molecule has 0 aliphatic rings. The molecule has 9 heteroatoms. The van der Waals surface area contributed by atoms with E-state index in [1.54, 1.807) is 60.7 Å². The number of rotatable bonds is 8. The zero-order chi connectivity index (χ0) is 26.4. The Hall–Kier alpha value is -4.55. The van der Waals surface area contributed by atoms with E-state index in [4.69, 9.17) is 4.74 Å². The maximum Gasteiger partial charge on any atom is 0.387 e. The largest absolute Gasteiger partial charge is 0.494 e. The van der Waals surface area contributed by atoms with Crippen LogP contribution in [0.1, 0.15) is 22.8 Å². The van der Waals surface area contributed by atoms with E-state index in [2.05, 4.69) is 4.74 Å².